The second-order valence-corrected chi connectivity index (χ2v) is 4.42. The van der Waals surface area contributed by atoms with Gasteiger partial charge in [-0.2, -0.15) is 0 Å². The molecule has 0 aliphatic carbocycles. The molecule has 0 spiro atoms. The normalized spacial score (nSPS) is 17.4. The van der Waals surface area contributed by atoms with E-state index in [1.807, 2.05) is 0 Å². The van der Waals surface area contributed by atoms with Gasteiger partial charge in [0.15, 0.2) is 5.82 Å². The summed E-state index contributed by atoms with van der Waals surface area (Å²) in [6.45, 7) is 5.13. The first-order valence-corrected chi connectivity index (χ1v) is 6.25. The second-order valence-electron chi connectivity index (χ2n) is 4.42. The van der Waals surface area contributed by atoms with Gasteiger partial charge < -0.3 is 10.2 Å². The average Bonchev–Trinajstić information content (AvgIpc) is 2.38. The zero-order chi connectivity index (χ0) is 12.1. The molecule has 1 aromatic rings. The molecule has 0 amide bonds. The smallest absolute Gasteiger partial charge is 0.225 e. The topological polar surface area (TPSA) is 41.0 Å². The Morgan fingerprint density at radius 2 is 2.00 bits per heavy atom. The lowest BCUT2D eigenvalue weighted by atomic mass is 10.1. The number of nitrogens with zero attached hydrogens (tertiary/aromatic N) is 3. The van der Waals surface area contributed by atoms with Gasteiger partial charge in [0.1, 0.15) is 0 Å². The van der Waals surface area contributed by atoms with Crippen molar-refractivity contribution >= 4 is 5.95 Å². The summed E-state index contributed by atoms with van der Waals surface area (Å²) in [5, 5.41) is 3.52. The molecule has 0 unspecified atom stereocenters. The number of piperidine rings is 1. The molecule has 1 aliphatic rings. The number of anilines is 1. The Balaban J connectivity index is 1.84. The molecule has 2 heterocycles. The van der Waals surface area contributed by atoms with Crippen molar-refractivity contribution < 1.29 is 4.39 Å². The minimum Gasteiger partial charge on any atom is -0.341 e. The van der Waals surface area contributed by atoms with E-state index in [2.05, 4.69) is 27.1 Å². The summed E-state index contributed by atoms with van der Waals surface area (Å²) >= 11 is 0. The van der Waals surface area contributed by atoms with Crippen LogP contribution in [0, 0.1) is 5.82 Å². The first-order valence-electron chi connectivity index (χ1n) is 6.25. The van der Waals surface area contributed by atoms with E-state index < -0.39 is 0 Å². The van der Waals surface area contributed by atoms with Crippen LogP contribution in [-0.4, -0.2) is 35.6 Å². The Labute approximate surface area is 101 Å². The van der Waals surface area contributed by atoms with Crippen LogP contribution in [0.5, 0.6) is 0 Å². The second kappa shape index (κ2) is 5.91. The van der Waals surface area contributed by atoms with Crippen LogP contribution in [-0.2, 0) is 0 Å². The van der Waals surface area contributed by atoms with E-state index in [4.69, 9.17) is 0 Å². The molecule has 1 aliphatic heterocycles. The number of hydrogen-bond acceptors (Lipinski definition) is 4. The van der Waals surface area contributed by atoms with Gasteiger partial charge in [0.25, 0.3) is 0 Å². The largest absolute Gasteiger partial charge is 0.341 e. The number of hydrogen-bond donors (Lipinski definition) is 1. The summed E-state index contributed by atoms with van der Waals surface area (Å²) in [5.74, 6) is 0.258. The van der Waals surface area contributed by atoms with Crippen LogP contribution in [0.4, 0.5) is 10.3 Å². The summed E-state index contributed by atoms with van der Waals surface area (Å²) in [5.41, 5.74) is 0. The van der Waals surface area contributed by atoms with E-state index in [0.717, 1.165) is 32.5 Å². The first kappa shape index (κ1) is 12.2. The van der Waals surface area contributed by atoms with Gasteiger partial charge in [0.2, 0.25) is 5.95 Å². The molecule has 0 saturated carbocycles. The predicted molar refractivity (Wildman–Crippen MR) is 65.5 cm³/mol. The molecule has 2 rings (SSSR count). The Morgan fingerprint density at radius 3 is 2.59 bits per heavy atom. The fourth-order valence-corrected chi connectivity index (χ4v) is 2.10. The molecular formula is C12H19FN4. The van der Waals surface area contributed by atoms with Gasteiger partial charge in [0.05, 0.1) is 12.4 Å². The van der Waals surface area contributed by atoms with Gasteiger partial charge in [-0.1, -0.05) is 6.92 Å². The summed E-state index contributed by atoms with van der Waals surface area (Å²) in [4.78, 5) is 10.1. The zero-order valence-electron chi connectivity index (χ0n) is 10.2. The summed E-state index contributed by atoms with van der Waals surface area (Å²) in [6.07, 6.45) is 5.82. The van der Waals surface area contributed by atoms with Crippen molar-refractivity contribution in [2.45, 2.75) is 32.2 Å². The van der Waals surface area contributed by atoms with Crippen LogP contribution in [0.25, 0.3) is 0 Å². The van der Waals surface area contributed by atoms with Crippen LogP contribution in [0.15, 0.2) is 12.4 Å². The van der Waals surface area contributed by atoms with Crippen molar-refractivity contribution in [1.82, 2.24) is 15.3 Å². The van der Waals surface area contributed by atoms with Crippen LogP contribution in [0.2, 0.25) is 0 Å². The lowest BCUT2D eigenvalue weighted by Crippen LogP contribution is -2.43. The lowest BCUT2D eigenvalue weighted by molar-refractivity contribution is 0.413. The predicted octanol–water partition coefficient (Wildman–Crippen LogP) is 1.58. The average molecular weight is 238 g/mol. The number of halogens is 1. The molecule has 4 nitrogen and oxygen atoms in total. The summed E-state index contributed by atoms with van der Waals surface area (Å²) in [6, 6.07) is 0.603. The van der Waals surface area contributed by atoms with Crippen LogP contribution in [0.1, 0.15) is 26.2 Å². The van der Waals surface area contributed by atoms with E-state index in [9.17, 15) is 4.39 Å². The van der Waals surface area contributed by atoms with E-state index in [1.54, 1.807) is 0 Å². The maximum absolute atomic E-state index is 12.7. The van der Waals surface area contributed by atoms with Crippen molar-refractivity contribution in [2.75, 3.05) is 24.5 Å². The molecule has 17 heavy (non-hydrogen) atoms. The fourth-order valence-electron chi connectivity index (χ4n) is 2.10. The third-order valence-electron chi connectivity index (χ3n) is 3.07. The minimum absolute atomic E-state index is 0.381. The Kier molecular flexibility index (Phi) is 4.25. The van der Waals surface area contributed by atoms with Crippen LogP contribution in [0.3, 0.4) is 0 Å². The van der Waals surface area contributed by atoms with Crippen molar-refractivity contribution in [2.24, 2.45) is 0 Å². The van der Waals surface area contributed by atoms with E-state index in [1.165, 1.54) is 18.8 Å². The highest BCUT2D eigenvalue weighted by Gasteiger charge is 2.20. The highest BCUT2D eigenvalue weighted by atomic mass is 19.1. The van der Waals surface area contributed by atoms with Crippen molar-refractivity contribution in [3.63, 3.8) is 0 Å². The minimum atomic E-state index is -0.381. The van der Waals surface area contributed by atoms with E-state index in [-0.39, 0.29) is 5.82 Å². The summed E-state index contributed by atoms with van der Waals surface area (Å²) < 4.78 is 12.7. The Bertz CT molecular complexity index is 333. The quantitative estimate of drug-likeness (QED) is 0.864. The van der Waals surface area contributed by atoms with Crippen molar-refractivity contribution in [3.05, 3.63) is 18.2 Å². The molecule has 1 saturated heterocycles. The number of nitrogens with one attached hydrogen (secondary N) is 1. The number of rotatable bonds is 4. The standard InChI is InChI=1S/C12H19FN4/c1-2-5-14-11-3-6-17(7-4-11)12-15-8-10(13)9-16-12/h8-9,11,14H,2-7H2,1H3. The highest BCUT2D eigenvalue weighted by molar-refractivity contribution is 5.29. The number of aromatic nitrogens is 2. The first-order chi connectivity index (χ1) is 8.29. The zero-order valence-corrected chi connectivity index (χ0v) is 10.2. The SMILES string of the molecule is CCCNC1CCN(c2ncc(F)cn2)CC1. The van der Waals surface area contributed by atoms with Crippen molar-refractivity contribution in [1.29, 1.82) is 0 Å². The molecule has 0 radical (unpaired) electrons. The fraction of sp³-hybridized carbons (Fsp3) is 0.667. The van der Waals surface area contributed by atoms with Gasteiger partial charge >= 0.3 is 0 Å². The van der Waals surface area contributed by atoms with Gasteiger partial charge in [-0.05, 0) is 25.8 Å². The highest BCUT2D eigenvalue weighted by Crippen LogP contribution is 2.15. The summed E-state index contributed by atoms with van der Waals surface area (Å²) in [7, 11) is 0. The van der Waals surface area contributed by atoms with Gasteiger partial charge in [-0.15, -0.1) is 0 Å². The lowest BCUT2D eigenvalue weighted by Gasteiger charge is -2.32. The maximum atomic E-state index is 12.7. The molecule has 0 aromatic carbocycles. The van der Waals surface area contributed by atoms with E-state index >= 15 is 0 Å². The van der Waals surface area contributed by atoms with Crippen LogP contribution < -0.4 is 10.2 Å². The monoisotopic (exact) mass is 238 g/mol. The van der Waals surface area contributed by atoms with Gasteiger partial charge in [-0.3, -0.25) is 0 Å². The van der Waals surface area contributed by atoms with Crippen LogP contribution >= 0.6 is 0 Å². The molecule has 5 heteroatoms. The molecular weight excluding hydrogens is 219 g/mol. The maximum Gasteiger partial charge on any atom is 0.225 e. The third kappa shape index (κ3) is 3.36. The van der Waals surface area contributed by atoms with Gasteiger partial charge in [-0.25, -0.2) is 14.4 Å². The molecule has 94 valence electrons. The molecule has 1 fully saturated rings. The molecule has 0 bridgehead atoms. The van der Waals surface area contributed by atoms with E-state index in [0.29, 0.717) is 12.0 Å². The Hall–Kier alpha value is -1.23. The van der Waals surface area contributed by atoms with Crippen molar-refractivity contribution in [3.8, 4) is 0 Å². The molecule has 0 atom stereocenters. The third-order valence-corrected chi connectivity index (χ3v) is 3.07. The Morgan fingerprint density at radius 1 is 1.35 bits per heavy atom. The molecule has 1 N–H and O–H groups in total. The molecule has 1 aromatic heterocycles. The van der Waals surface area contributed by atoms with Gasteiger partial charge in [0, 0.05) is 19.1 Å².